The topological polar surface area (TPSA) is 29.5 Å². The van der Waals surface area contributed by atoms with Gasteiger partial charge in [-0.2, -0.15) is 0 Å². The Balaban J connectivity index is 1.77. The van der Waals surface area contributed by atoms with Crippen LogP contribution in [-0.4, -0.2) is 24.4 Å². The number of aliphatic hydroxyl groups excluding tert-OH is 1. The Bertz CT molecular complexity index is 774. The van der Waals surface area contributed by atoms with E-state index in [-0.39, 0.29) is 18.1 Å². The molecule has 188 valence electrons. The molecule has 2 nitrogen and oxygen atoms in total. The summed E-state index contributed by atoms with van der Waals surface area (Å²) in [6.07, 6.45) is 18.3. The van der Waals surface area contributed by atoms with Crippen LogP contribution in [0.1, 0.15) is 112 Å². The van der Waals surface area contributed by atoms with E-state index in [1.54, 1.807) is 5.57 Å². The van der Waals surface area contributed by atoms with E-state index in [0.717, 1.165) is 31.6 Å². The van der Waals surface area contributed by atoms with Gasteiger partial charge in [-0.25, -0.2) is 0 Å². The second-order valence-corrected chi connectivity index (χ2v) is 13.0. The summed E-state index contributed by atoms with van der Waals surface area (Å²) in [4.78, 5) is 0. The highest BCUT2D eigenvalue weighted by molar-refractivity contribution is 5.32. The largest absolute Gasteiger partial charge is 0.396 e. The monoisotopic (exact) mass is 456 g/mol. The van der Waals surface area contributed by atoms with Gasteiger partial charge in [-0.1, -0.05) is 76.0 Å². The molecule has 0 saturated heterocycles. The van der Waals surface area contributed by atoms with Crippen molar-refractivity contribution in [2.24, 2.45) is 28.1 Å². The highest BCUT2D eigenvalue weighted by Gasteiger charge is 2.63. The number of methoxy groups -OCH3 is 1. The zero-order chi connectivity index (χ0) is 24.5. The molecule has 3 rings (SSSR count). The number of fused-ring (bicyclic) bond motifs is 1. The SMILES string of the molecule is C=C1CC/C(=C\C=C2/CCC[C@@]3(C)[C@@]2(C)CC[C@]3(C)[C@@H](C)CCCC(C)(C)OC)C[C@H]1CO. The van der Waals surface area contributed by atoms with Crippen molar-refractivity contribution >= 4 is 0 Å². The highest BCUT2D eigenvalue weighted by Crippen LogP contribution is 2.72. The van der Waals surface area contributed by atoms with Crippen LogP contribution in [0, 0.1) is 28.1 Å². The minimum Gasteiger partial charge on any atom is -0.396 e. The second-order valence-electron chi connectivity index (χ2n) is 13.0. The molecule has 5 atom stereocenters. The van der Waals surface area contributed by atoms with Gasteiger partial charge >= 0.3 is 0 Å². The number of hydrogen-bond acceptors (Lipinski definition) is 2. The first-order valence-corrected chi connectivity index (χ1v) is 13.7. The molecular weight excluding hydrogens is 404 g/mol. The molecule has 0 aromatic rings. The maximum atomic E-state index is 9.71. The quantitative estimate of drug-likeness (QED) is 0.371. The third-order valence-electron chi connectivity index (χ3n) is 11.1. The summed E-state index contributed by atoms with van der Waals surface area (Å²) >= 11 is 0. The van der Waals surface area contributed by atoms with Crippen molar-refractivity contribution in [1.82, 2.24) is 0 Å². The summed E-state index contributed by atoms with van der Waals surface area (Å²) in [5.74, 6) is 0.985. The maximum absolute atomic E-state index is 9.71. The van der Waals surface area contributed by atoms with Crippen molar-refractivity contribution in [3.63, 3.8) is 0 Å². The van der Waals surface area contributed by atoms with Crippen LogP contribution in [0.2, 0.25) is 0 Å². The molecule has 0 aliphatic heterocycles. The van der Waals surface area contributed by atoms with Crippen LogP contribution in [0.4, 0.5) is 0 Å². The zero-order valence-corrected chi connectivity index (χ0v) is 22.9. The van der Waals surface area contributed by atoms with Crippen LogP contribution in [0.5, 0.6) is 0 Å². The molecule has 0 unspecified atom stereocenters. The number of allylic oxidation sites excluding steroid dienone is 4. The smallest absolute Gasteiger partial charge is 0.0622 e. The van der Waals surface area contributed by atoms with Crippen LogP contribution >= 0.6 is 0 Å². The summed E-state index contributed by atoms with van der Waals surface area (Å²) in [6.45, 7) is 19.2. The molecule has 0 aromatic carbocycles. The van der Waals surface area contributed by atoms with E-state index in [1.807, 2.05) is 7.11 Å². The first kappa shape index (κ1) is 26.7. The first-order valence-electron chi connectivity index (χ1n) is 13.7. The molecule has 1 N–H and O–H groups in total. The predicted molar refractivity (Wildman–Crippen MR) is 141 cm³/mol. The van der Waals surface area contributed by atoms with Gasteiger partial charge in [0, 0.05) is 19.6 Å². The third-order valence-corrected chi connectivity index (χ3v) is 11.1. The molecule has 3 aliphatic carbocycles. The van der Waals surface area contributed by atoms with Crippen LogP contribution in [0.3, 0.4) is 0 Å². The van der Waals surface area contributed by atoms with Crippen LogP contribution in [-0.2, 0) is 4.74 Å². The number of rotatable bonds is 8. The lowest BCUT2D eigenvalue weighted by atomic mass is 9.48. The molecule has 0 spiro atoms. The summed E-state index contributed by atoms with van der Waals surface area (Å²) in [7, 11) is 1.84. The molecule has 33 heavy (non-hydrogen) atoms. The van der Waals surface area contributed by atoms with E-state index in [9.17, 15) is 5.11 Å². The molecule has 3 aliphatic rings. The van der Waals surface area contributed by atoms with E-state index in [2.05, 4.69) is 60.3 Å². The van der Waals surface area contributed by atoms with E-state index in [0.29, 0.717) is 16.2 Å². The Morgan fingerprint density at radius 1 is 1.12 bits per heavy atom. The van der Waals surface area contributed by atoms with Gasteiger partial charge in [0.15, 0.2) is 0 Å². The van der Waals surface area contributed by atoms with Gasteiger partial charge in [-0.15, -0.1) is 0 Å². The number of ether oxygens (including phenoxy) is 1. The van der Waals surface area contributed by atoms with Crippen molar-refractivity contribution in [1.29, 1.82) is 0 Å². The van der Waals surface area contributed by atoms with Crippen LogP contribution in [0.25, 0.3) is 0 Å². The highest BCUT2D eigenvalue weighted by atomic mass is 16.5. The van der Waals surface area contributed by atoms with Gasteiger partial charge in [0.25, 0.3) is 0 Å². The van der Waals surface area contributed by atoms with E-state index in [1.165, 1.54) is 56.1 Å². The molecule has 0 radical (unpaired) electrons. The van der Waals surface area contributed by atoms with Crippen LogP contribution < -0.4 is 0 Å². The molecule has 0 amide bonds. The van der Waals surface area contributed by atoms with Crippen molar-refractivity contribution in [2.75, 3.05) is 13.7 Å². The molecular formula is C31H52O2. The molecule has 0 bridgehead atoms. The average molecular weight is 457 g/mol. The van der Waals surface area contributed by atoms with E-state index in [4.69, 9.17) is 4.74 Å². The zero-order valence-electron chi connectivity index (χ0n) is 22.9. The summed E-state index contributed by atoms with van der Waals surface area (Å²) in [6, 6.07) is 0. The molecule has 3 saturated carbocycles. The normalized spacial score (nSPS) is 38.7. The van der Waals surface area contributed by atoms with Gasteiger partial charge in [0.1, 0.15) is 0 Å². The van der Waals surface area contributed by atoms with Crippen molar-refractivity contribution in [3.05, 3.63) is 35.5 Å². The average Bonchev–Trinajstić information content (AvgIpc) is 3.01. The lowest BCUT2D eigenvalue weighted by Crippen LogP contribution is -2.48. The van der Waals surface area contributed by atoms with Crippen molar-refractivity contribution in [2.45, 2.75) is 118 Å². The molecule has 0 heterocycles. The predicted octanol–water partition coefficient (Wildman–Crippen LogP) is 8.42. The van der Waals surface area contributed by atoms with Gasteiger partial charge in [0.2, 0.25) is 0 Å². The van der Waals surface area contributed by atoms with Crippen molar-refractivity contribution in [3.8, 4) is 0 Å². The van der Waals surface area contributed by atoms with Gasteiger partial charge in [-0.05, 0) is 93.8 Å². The molecule has 3 fully saturated rings. The Labute approximate surface area is 205 Å². The number of hydrogen-bond donors (Lipinski definition) is 1. The van der Waals surface area contributed by atoms with Gasteiger partial charge in [-0.3, -0.25) is 0 Å². The number of aliphatic hydroxyl groups is 1. The van der Waals surface area contributed by atoms with Gasteiger partial charge < -0.3 is 9.84 Å². The standard InChI is InChI=1S/C31H52O2/c1-23-13-14-25(21-26(23)22-32)15-16-27-12-10-18-31(7)29(5,19-20-30(27,31)6)24(2)11-9-17-28(3,4)33-8/h15-16,24,26,32H,1,9-14,17-22H2,2-8H3/b25-15+,27-16+/t24-,26-,29+,30-,31+/m0/s1. The Hall–Kier alpha value is -0.860. The van der Waals surface area contributed by atoms with Crippen molar-refractivity contribution < 1.29 is 9.84 Å². The Morgan fingerprint density at radius 3 is 2.52 bits per heavy atom. The molecule has 2 heteroatoms. The fraction of sp³-hybridized carbons (Fsp3) is 0.806. The lowest BCUT2D eigenvalue weighted by Gasteiger charge is -2.56. The second kappa shape index (κ2) is 10.0. The minimum atomic E-state index is -0.0104. The summed E-state index contributed by atoms with van der Waals surface area (Å²) < 4.78 is 5.67. The third kappa shape index (κ3) is 4.94. The summed E-state index contributed by atoms with van der Waals surface area (Å²) in [5, 5.41) is 9.71. The Morgan fingerprint density at radius 2 is 1.85 bits per heavy atom. The minimum absolute atomic E-state index is 0.0104. The van der Waals surface area contributed by atoms with E-state index < -0.39 is 0 Å². The lowest BCUT2D eigenvalue weighted by molar-refractivity contribution is -0.0397. The first-order chi connectivity index (χ1) is 15.4. The fourth-order valence-electron chi connectivity index (χ4n) is 7.64. The fourth-order valence-corrected chi connectivity index (χ4v) is 7.64. The van der Waals surface area contributed by atoms with Gasteiger partial charge in [0.05, 0.1) is 5.60 Å². The maximum Gasteiger partial charge on any atom is 0.0622 e. The van der Waals surface area contributed by atoms with E-state index >= 15 is 0 Å². The van der Waals surface area contributed by atoms with Crippen LogP contribution in [0.15, 0.2) is 35.5 Å². The molecule has 0 aromatic heterocycles. The Kier molecular flexibility index (Phi) is 8.12. The summed E-state index contributed by atoms with van der Waals surface area (Å²) in [5.41, 5.74) is 5.44.